The van der Waals surface area contributed by atoms with Crippen molar-refractivity contribution in [2.45, 2.75) is 45.6 Å². The summed E-state index contributed by atoms with van der Waals surface area (Å²) in [5, 5.41) is 22.0. The molecular formula is C11H19N2O3-. The maximum Gasteiger partial charge on any atom is 0.223 e. The molecule has 3 N–H and O–H groups in total. The third kappa shape index (κ3) is 2.74. The average molecular weight is 227 g/mol. The highest BCUT2D eigenvalue weighted by atomic mass is 16.5. The van der Waals surface area contributed by atoms with Gasteiger partial charge in [-0.1, -0.05) is 13.8 Å². The Bertz CT molecular complexity index is 311. The first-order chi connectivity index (χ1) is 7.24. The molecule has 0 fully saturated rings. The van der Waals surface area contributed by atoms with E-state index in [0.717, 1.165) is 0 Å². The van der Waals surface area contributed by atoms with Gasteiger partial charge in [-0.3, -0.25) is 0 Å². The van der Waals surface area contributed by atoms with Crippen molar-refractivity contribution < 1.29 is 19.9 Å². The van der Waals surface area contributed by atoms with E-state index in [-0.39, 0.29) is 5.92 Å². The summed E-state index contributed by atoms with van der Waals surface area (Å²) in [4.78, 5) is 2.95. The van der Waals surface area contributed by atoms with E-state index in [2.05, 4.69) is 4.99 Å². The van der Waals surface area contributed by atoms with E-state index >= 15 is 0 Å². The second-order valence-electron chi connectivity index (χ2n) is 4.86. The summed E-state index contributed by atoms with van der Waals surface area (Å²) in [5.41, 5.74) is 5.63. The van der Waals surface area contributed by atoms with Crippen molar-refractivity contribution in [3.8, 4) is 0 Å². The maximum atomic E-state index is 11.0. The molecule has 1 rings (SSSR count). The predicted molar refractivity (Wildman–Crippen MR) is 55.8 cm³/mol. The van der Waals surface area contributed by atoms with E-state index in [1.165, 1.54) is 0 Å². The van der Waals surface area contributed by atoms with Crippen LogP contribution in [0.25, 0.3) is 0 Å². The number of rotatable bonds is 3. The molecule has 5 heteroatoms. The highest BCUT2D eigenvalue weighted by Crippen LogP contribution is 2.19. The highest BCUT2D eigenvalue weighted by Gasteiger charge is 2.37. The van der Waals surface area contributed by atoms with Crippen LogP contribution in [-0.2, 0) is 4.74 Å². The first-order valence-corrected chi connectivity index (χ1v) is 5.36. The van der Waals surface area contributed by atoms with Gasteiger partial charge in [0.25, 0.3) is 0 Å². The lowest BCUT2D eigenvalue weighted by Gasteiger charge is -2.34. The second kappa shape index (κ2) is 4.43. The predicted octanol–water partition coefficient (Wildman–Crippen LogP) is -2.81. The summed E-state index contributed by atoms with van der Waals surface area (Å²) in [7, 11) is 0. The molecule has 0 saturated carbocycles. The minimum absolute atomic E-state index is 0.0430. The summed E-state index contributed by atoms with van der Waals surface area (Å²) >= 11 is 0. The molecular weight excluding hydrogens is 208 g/mol. The minimum atomic E-state index is -1.92. The molecule has 0 aromatic heterocycles. The Balaban J connectivity index is 2.98. The van der Waals surface area contributed by atoms with Crippen LogP contribution >= 0.6 is 0 Å². The average Bonchev–Trinajstić information content (AvgIpc) is 2.33. The standard InChI is InChI=1S/C11H18N2O3/c1-6(2)9(10(14)15)13-7-5-8(12)16-11(7,3)4/h5-6,9-10H,12H2,1-4H3/q-2/p+1. The lowest BCUT2D eigenvalue weighted by Crippen LogP contribution is -2.89. The Morgan fingerprint density at radius 1 is 1.38 bits per heavy atom. The third-order valence-corrected chi connectivity index (χ3v) is 2.64. The molecule has 0 bridgehead atoms. The number of nitrogens with one attached hydrogen (secondary N) is 1. The van der Waals surface area contributed by atoms with Gasteiger partial charge in [-0.2, -0.15) is 6.29 Å². The van der Waals surface area contributed by atoms with Crippen LogP contribution in [0.5, 0.6) is 0 Å². The Morgan fingerprint density at radius 3 is 2.25 bits per heavy atom. The topological polar surface area (TPSA) is 95.3 Å². The van der Waals surface area contributed by atoms with Crippen LogP contribution < -0.4 is 20.9 Å². The molecule has 1 atom stereocenters. The largest absolute Gasteiger partial charge is 0.861 e. The van der Waals surface area contributed by atoms with Crippen LogP contribution in [0.15, 0.2) is 12.0 Å². The van der Waals surface area contributed by atoms with Crippen molar-refractivity contribution in [3.63, 3.8) is 0 Å². The summed E-state index contributed by atoms with van der Waals surface area (Å²) < 4.78 is 5.36. The lowest BCUT2D eigenvalue weighted by atomic mass is 10.0. The molecule has 5 nitrogen and oxygen atoms in total. The molecule has 1 aliphatic heterocycles. The molecule has 0 aromatic carbocycles. The van der Waals surface area contributed by atoms with Crippen molar-refractivity contribution in [3.05, 3.63) is 12.0 Å². The zero-order valence-electron chi connectivity index (χ0n) is 10.1. The van der Waals surface area contributed by atoms with Crippen LogP contribution in [-0.4, -0.2) is 23.6 Å². The second-order valence-corrected chi connectivity index (χ2v) is 4.86. The van der Waals surface area contributed by atoms with Gasteiger partial charge in [0.15, 0.2) is 11.5 Å². The van der Waals surface area contributed by atoms with Gasteiger partial charge in [0.2, 0.25) is 5.71 Å². The highest BCUT2D eigenvalue weighted by molar-refractivity contribution is 5.98. The van der Waals surface area contributed by atoms with Crippen molar-refractivity contribution in [1.82, 2.24) is 0 Å². The third-order valence-electron chi connectivity index (χ3n) is 2.64. The molecule has 16 heavy (non-hydrogen) atoms. The van der Waals surface area contributed by atoms with E-state index in [1.807, 2.05) is 27.7 Å². The Hall–Kier alpha value is -1.07. The fraction of sp³-hybridized carbons (Fsp3) is 0.727. The van der Waals surface area contributed by atoms with E-state index in [1.54, 1.807) is 6.08 Å². The van der Waals surface area contributed by atoms with E-state index < -0.39 is 17.9 Å². The lowest BCUT2D eigenvalue weighted by molar-refractivity contribution is -0.722. The zero-order chi connectivity index (χ0) is 12.5. The van der Waals surface area contributed by atoms with Crippen LogP contribution in [0, 0.1) is 5.92 Å². The molecule has 0 aromatic rings. The molecule has 1 aliphatic rings. The van der Waals surface area contributed by atoms with E-state index in [0.29, 0.717) is 11.6 Å². The Kier molecular flexibility index (Phi) is 3.60. The zero-order valence-corrected chi connectivity index (χ0v) is 10.1. The van der Waals surface area contributed by atoms with Crippen molar-refractivity contribution in [1.29, 1.82) is 0 Å². The normalized spacial score (nSPS) is 23.8. The van der Waals surface area contributed by atoms with Gasteiger partial charge in [0.1, 0.15) is 6.04 Å². The van der Waals surface area contributed by atoms with Crippen LogP contribution in [0.4, 0.5) is 0 Å². The summed E-state index contributed by atoms with van der Waals surface area (Å²) in [5.74, 6) is 0.252. The smallest absolute Gasteiger partial charge is 0.223 e. The van der Waals surface area contributed by atoms with E-state index in [9.17, 15) is 10.2 Å². The quantitative estimate of drug-likeness (QED) is 0.509. The Morgan fingerprint density at radius 2 is 1.94 bits per heavy atom. The van der Waals surface area contributed by atoms with Gasteiger partial charge in [-0.25, -0.2) is 4.99 Å². The molecule has 0 saturated heterocycles. The van der Waals surface area contributed by atoms with Crippen LogP contribution in [0.2, 0.25) is 0 Å². The molecule has 1 heterocycles. The number of ether oxygens (including phenoxy) is 1. The van der Waals surface area contributed by atoms with Crippen molar-refractivity contribution in [2.75, 3.05) is 0 Å². The van der Waals surface area contributed by atoms with Gasteiger partial charge >= 0.3 is 0 Å². The Labute approximate surface area is 95.6 Å². The molecule has 92 valence electrons. The van der Waals surface area contributed by atoms with Crippen molar-refractivity contribution in [2.24, 2.45) is 11.7 Å². The summed E-state index contributed by atoms with van der Waals surface area (Å²) in [6.07, 6.45) is -0.295. The fourth-order valence-electron chi connectivity index (χ4n) is 1.64. The summed E-state index contributed by atoms with van der Waals surface area (Å²) in [6, 6.07) is -0.667. The molecule has 1 unspecified atom stereocenters. The molecule has 0 aliphatic carbocycles. The summed E-state index contributed by atoms with van der Waals surface area (Å²) in [6.45, 7) is 7.31. The molecule has 0 amide bonds. The molecule has 0 spiro atoms. The first-order valence-electron chi connectivity index (χ1n) is 5.36. The van der Waals surface area contributed by atoms with Gasteiger partial charge < -0.3 is 20.7 Å². The van der Waals surface area contributed by atoms with E-state index in [4.69, 9.17) is 10.5 Å². The maximum absolute atomic E-state index is 11.0. The molecule has 0 radical (unpaired) electrons. The number of hydrogen-bond acceptors (Lipinski definition) is 4. The fourth-order valence-corrected chi connectivity index (χ4v) is 1.64. The number of hydrogen-bond donors (Lipinski definition) is 2. The minimum Gasteiger partial charge on any atom is -0.861 e. The van der Waals surface area contributed by atoms with Crippen LogP contribution in [0.3, 0.4) is 0 Å². The van der Waals surface area contributed by atoms with Gasteiger partial charge in [0, 0.05) is 5.92 Å². The van der Waals surface area contributed by atoms with Gasteiger partial charge in [0.05, 0.1) is 6.08 Å². The number of nitrogens with two attached hydrogens (primary N) is 1. The van der Waals surface area contributed by atoms with Gasteiger partial charge in [-0.15, -0.1) is 0 Å². The van der Waals surface area contributed by atoms with Crippen molar-refractivity contribution >= 4 is 5.71 Å². The van der Waals surface area contributed by atoms with Crippen LogP contribution in [0.1, 0.15) is 27.7 Å². The SMILES string of the molecule is CC(C)C([NH+]=C1C=C(N)OC1(C)C)C([O-])[O-]. The first kappa shape index (κ1) is 13.0. The van der Waals surface area contributed by atoms with Gasteiger partial charge in [-0.05, 0) is 13.8 Å². The monoisotopic (exact) mass is 227 g/mol.